The lowest BCUT2D eigenvalue weighted by Gasteiger charge is -2.37. The number of fused-ring (bicyclic) bond motifs is 1. The van der Waals surface area contributed by atoms with Crippen LogP contribution < -0.4 is 21.0 Å². The quantitative estimate of drug-likeness (QED) is 0.248. The predicted octanol–water partition coefficient (Wildman–Crippen LogP) is 4.01. The molecule has 1 aliphatic carbocycles. The van der Waals surface area contributed by atoms with Gasteiger partial charge in [-0.15, -0.1) is 0 Å². The average molecular weight is 686 g/mol. The molecule has 2 aliphatic rings. The summed E-state index contributed by atoms with van der Waals surface area (Å²) in [7, 11) is 0. The van der Waals surface area contributed by atoms with Crippen molar-refractivity contribution >= 4 is 51.8 Å². The lowest BCUT2D eigenvalue weighted by Crippen LogP contribution is -2.50. The fourth-order valence-corrected chi connectivity index (χ4v) is 5.85. The minimum absolute atomic E-state index is 0.00833. The second kappa shape index (κ2) is 12.9. The van der Waals surface area contributed by atoms with Gasteiger partial charge in [-0.2, -0.15) is 13.2 Å². The Kier molecular flexibility index (Phi) is 8.85. The Labute approximate surface area is 276 Å². The Morgan fingerprint density at radius 1 is 1.10 bits per heavy atom. The molecule has 2 amide bonds. The van der Waals surface area contributed by atoms with E-state index in [9.17, 15) is 32.7 Å². The van der Waals surface area contributed by atoms with Crippen molar-refractivity contribution in [2.45, 2.75) is 51.9 Å². The molecule has 2 fully saturated rings. The first-order chi connectivity index (χ1) is 22.8. The number of aromatic nitrogens is 5. The second-order valence-corrected chi connectivity index (χ2v) is 12.0. The van der Waals surface area contributed by atoms with E-state index in [0.717, 1.165) is 31.0 Å². The zero-order valence-corrected chi connectivity index (χ0v) is 26.7. The molecule has 17 heteroatoms. The molecule has 0 spiro atoms. The zero-order valence-electron chi connectivity index (χ0n) is 25.9. The Balaban J connectivity index is 1.33. The lowest BCUT2D eigenvalue weighted by atomic mass is 10.1. The van der Waals surface area contributed by atoms with Crippen molar-refractivity contribution in [2.24, 2.45) is 0 Å². The molecular formula is C31H31ClF3N9O4. The Bertz CT molecular complexity index is 1980. The van der Waals surface area contributed by atoms with Crippen LogP contribution in [0.5, 0.6) is 5.75 Å². The molecule has 0 radical (unpaired) electrons. The molecule has 1 saturated heterocycles. The summed E-state index contributed by atoms with van der Waals surface area (Å²) in [6.45, 7) is 3.97. The Morgan fingerprint density at radius 2 is 1.83 bits per heavy atom. The number of hydrogen-bond acceptors (Lipinski definition) is 10. The SMILES string of the molecule is CCc1c(N2CCN(C(=O)c3ncnc(C)c3O)CC2)c(=O)c2nc(NC3CC3)cnc2n1CC(=O)Nc1ccc(C(F)(F)F)cc1Cl. The number of aryl methyl sites for hydroxylation is 1. The molecule has 1 aliphatic heterocycles. The zero-order chi connectivity index (χ0) is 34.3. The van der Waals surface area contributed by atoms with Gasteiger partial charge >= 0.3 is 6.18 Å². The normalized spacial score (nSPS) is 15.1. The number of benzene rings is 1. The number of carbonyl (C=O) groups excluding carboxylic acids is 2. The van der Waals surface area contributed by atoms with Crippen LogP contribution in [0, 0.1) is 6.92 Å². The summed E-state index contributed by atoms with van der Waals surface area (Å²) in [5.74, 6) is -0.954. The van der Waals surface area contributed by atoms with Gasteiger partial charge in [0.2, 0.25) is 11.3 Å². The van der Waals surface area contributed by atoms with Gasteiger partial charge in [0.1, 0.15) is 24.4 Å². The third-order valence-corrected chi connectivity index (χ3v) is 8.58. The highest BCUT2D eigenvalue weighted by Gasteiger charge is 2.32. The van der Waals surface area contributed by atoms with Crippen molar-refractivity contribution in [1.29, 1.82) is 0 Å². The first kappa shape index (κ1) is 32.9. The number of rotatable bonds is 8. The van der Waals surface area contributed by atoms with Crippen LogP contribution in [0.4, 0.5) is 30.4 Å². The number of hydrogen-bond donors (Lipinski definition) is 3. The van der Waals surface area contributed by atoms with Gasteiger partial charge in [0.25, 0.3) is 5.91 Å². The molecule has 3 N–H and O–H groups in total. The van der Waals surface area contributed by atoms with Crippen LogP contribution >= 0.6 is 11.6 Å². The average Bonchev–Trinajstić information content (AvgIpc) is 3.88. The molecule has 6 rings (SSSR count). The van der Waals surface area contributed by atoms with Crippen LogP contribution in [0.2, 0.25) is 5.02 Å². The Hall–Kier alpha value is -4.99. The Morgan fingerprint density at radius 3 is 2.48 bits per heavy atom. The molecule has 0 unspecified atom stereocenters. The van der Waals surface area contributed by atoms with Crippen LogP contribution in [0.1, 0.15) is 47.2 Å². The number of carbonyl (C=O) groups is 2. The molecule has 4 aromatic rings. The molecule has 0 atom stereocenters. The highest BCUT2D eigenvalue weighted by Crippen LogP contribution is 2.34. The van der Waals surface area contributed by atoms with Gasteiger partial charge in [0.05, 0.1) is 28.2 Å². The molecule has 1 aromatic carbocycles. The summed E-state index contributed by atoms with van der Waals surface area (Å²) in [6, 6.07) is 2.87. The van der Waals surface area contributed by atoms with Crippen LogP contribution in [-0.2, 0) is 23.9 Å². The maximum Gasteiger partial charge on any atom is 0.416 e. The molecule has 13 nitrogen and oxygen atoms in total. The molecule has 1 saturated carbocycles. The largest absolute Gasteiger partial charge is 0.504 e. The molecule has 252 valence electrons. The smallest absolute Gasteiger partial charge is 0.416 e. The minimum atomic E-state index is -4.60. The topological polar surface area (TPSA) is 158 Å². The van der Waals surface area contributed by atoms with E-state index in [1.54, 1.807) is 11.5 Å². The van der Waals surface area contributed by atoms with Gasteiger partial charge in [-0.1, -0.05) is 18.5 Å². The van der Waals surface area contributed by atoms with E-state index < -0.39 is 23.6 Å². The summed E-state index contributed by atoms with van der Waals surface area (Å²) in [6.07, 6.45) is 0.340. The van der Waals surface area contributed by atoms with Crippen molar-refractivity contribution in [3.05, 3.63) is 68.6 Å². The van der Waals surface area contributed by atoms with Crippen molar-refractivity contribution in [2.75, 3.05) is 41.7 Å². The predicted molar refractivity (Wildman–Crippen MR) is 171 cm³/mol. The van der Waals surface area contributed by atoms with Crippen LogP contribution in [0.25, 0.3) is 11.2 Å². The van der Waals surface area contributed by atoms with E-state index in [4.69, 9.17) is 11.6 Å². The van der Waals surface area contributed by atoms with Gasteiger partial charge in [-0.3, -0.25) is 14.4 Å². The fourth-order valence-electron chi connectivity index (χ4n) is 5.62. The van der Waals surface area contributed by atoms with E-state index in [1.807, 2.05) is 11.8 Å². The van der Waals surface area contributed by atoms with Crippen LogP contribution in [-0.4, -0.2) is 78.5 Å². The number of amides is 2. The van der Waals surface area contributed by atoms with E-state index in [0.29, 0.717) is 23.6 Å². The second-order valence-electron chi connectivity index (χ2n) is 11.6. The van der Waals surface area contributed by atoms with E-state index in [2.05, 4.69) is 30.6 Å². The standard InChI is InChI=1S/C31H31ClF3N9O4/c1-3-21-26(42-8-10-43(11-9-42)30(48)25-27(46)16(2)37-15-38-25)28(47)24-29(36-13-22(41-24)39-18-5-6-18)44(21)14-23(45)40-20-7-4-17(12-19(20)32)31(33,34)35/h4,7,12-13,15,18,46H,3,5-6,8-11,14H2,1-2H3,(H,39,41)(H,40,45). The maximum absolute atomic E-state index is 14.1. The molecule has 3 aromatic heterocycles. The van der Waals surface area contributed by atoms with Crippen molar-refractivity contribution in [1.82, 2.24) is 29.4 Å². The lowest BCUT2D eigenvalue weighted by molar-refractivity contribution is -0.137. The highest BCUT2D eigenvalue weighted by atomic mass is 35.5. The molecule has 4 heterocycles. The first-order valence-electron chi connectivity index (χ1n) is 15.3. The van der Waals surface area contributed by atoms with Crippen molar-refractivity contribution in [3.8, 4) is 5.75 Å². The van der Waals surface area contributed by atoms with Crippen LogP contribution in [0.15, 0.2) is 35.5 Å². The molecule has 48 heavy (non-hydrogen) atoms. The third kappa shape index (κ3) is 6.56. The number of nitrogens with one attached hydrogen (secondary N) is 2. The highest BCUT2D eigenvalue weighted by molar-refractivity contribution is 6.33. The van der Waals surface area contributed by atoms with E-state index in [1.165, 1.54) is 17.4 Å². The van der Waals surface area contributed by atoms with E-state index in [-0.39, 0.29) is 83.2 Å². The number of nitrogens with zero attached hydrogens (tertiary/aromatic N) is 7. The number of pyridine rings is 1. The number of halogens is 4. The van der Waals surface area contributed by atoms with Gasteiger partial charge in [-0.25, -0.2) is 19.9 Å². The van der Waals surface area contributed by atoms with E-state index >= 15 is 0 Å². The minimum Gasteiger partial charge on any atom is -0.504 e. The van der Waals surface area contributed by atoms with Gasteiger partial charge in [-0.05, 0) is 44.4 Å². The van der Waals surface area contributed by atoms with Gasteiger partial charge in [0.15, 0.2) is 22.6 Å². The molecule has 0 bridgehead atoms. The number of piperazine rings is 1. The van der Waals surface area contributed by atoms with Crippen LogP contribution in [0.3, 0.4) is 0 Å². The summed E-state index contributed by atoms with van der Waals surface area (Å²) in [4.78, 5) is 61.0. The summed E-state index contributed by atoms with van der Waals surface area (Å²) < 4.78 is 41.0. The van der Waals surface area contributed by atoms with Crippen molar-refractivity contribution in [3.63, 3.8) is 0 Å². The monoisotopic (exact) mass is 685 g/mol. The summed E-state index contributed by atoms with van der Waals surface area (Å²) in [5.41, 5.74) is -0.191. The molecular weight excluding hydrogens is 655 g/mol. The number of anilines is 3. The first-order valence-corrected chi connectivity index (χ1v) is 15.6. The summed E-state index contributed by atoms with van der Waals surface area (Å²) >= 11 is 6.09. The van der Waals surface area contributed by atoms with Crippen molar-refractivity contribution < 1.29 is 27.9 Å². The van der Waals surface area contributed by atoms with Gasteiger partial charge in [0, 0.05) is 37.9 Å². The maximum atomic E-state index is 14.1. The third-order valence-electron chi connectivity index (χ3n) is 8.27. The number of aromatic hydroxyl groups is 1. The fraction of sp³-hybridized carbons (Fsp3) is 0.387. The summed E-state index contributed by atoms with van der Waals surface area (Å²) in [5, 5.41) is 15.9. The van der Waals surface area contributed by atoms with Gasteiger partial charge < -0.3 is 30.1 Å². The number of alkyl halides is 3.